The van der Waals surface area contributed by atoms with Crippen LogP contribution in [0, 0.1) is 5.92 Å². The Morgan fingerprint density at radius 1 is 1.06 bits per heavy atom. The summed E-state index contributed by atoms with van der Waals surface area (Å²) in [6, 6.07) is 0.510. The molecule has 0 heterocycles. The fourth-order valence-electron chi connectivity index (χ4n) is 3.49. The average Bonchev–Trinajstić information content (AvgIpc) is 2.56. The first-order chi connectivity index (χ1) is 8.66. The van der Waals surface area contributed by atoms with Crippen LogP contribution < -0.4 is 5.32 Å². The third-order valence-corrected chi connectivity index (χ3v) is 4.23. The molecule has 0 aromatic rings. The molecule has 0 aromatic heterocycles. The molecule has 1 N–H and O–H groups in total. The lowest BCUT2D eigenvalue weighted by molar-refractivity contribution is -0.0868. The second-order valence-corrected chi connectivity index (χ2v) is 6.09. The number of hydrogen-bond donors (Lipinski definition) is 1. The van der Waals surface area contributed by atoms with Gasteiger partial charge in [0, 0.05) is 12.6 Å². The zero-order valence-corrected chi connectivity index (χ0v) is 12.9. The minimum absolute atomic E-state index is 0.0919. The Labute approximate surface area is 114 Å². The first-order valence-corrected chi connectivity index (χ1v) is 8.03. The molecule has 2 heteroatoms. The second kappa shape index (κ2) is 8.16. The van der Waals surface area contributed by atoms with E-state index in [1.54, 1.807) is 0 Å². The van der Waals surface area contributed by atoms with E-state index in [0.717, 1.165) is 13.2 Å². The van der Waals surface area contributed by atoms with Crippen LogP contribution in [0.2, 0.25) is 0 Å². The molecule has 108 valence electrons. The summed E-state index contributed by atoms with van der Waals surface area (Å²) in [5.74, 6) is 0.640. The Hall–Kier alpha value is -0.0800. The molecule has 0 bridgehead atoms. The van der Waals surface area contributed by atoms with Gasteiger partial charge >= 0.3 is 0 Å². The van der Waals surface area contributed by atoms with E-state index in [-0.39, 0.29) is 5.60 Å². The first kappa shape index (κ1) is 16.0. The molecular weight excluding hydrogens is 222 g/mol. The van der Waals surface area contributed by atoms with E-state index in [1.165, 1.54) is 44.9 Å². The molecule has 18 heavy (non-hydrogen) atoms. The second-order valence-electron chi connectivity index (χ2n) is 6.09. The molecule has 0 amide bonds. The maximum atomic E-state index is 6.31. The normalized spacial score (nSPS) is 21.8. The molecule has 2 nitrogen and oxygen atoms in total. The monoisotopic (exact) mass is 255 g/mol. The molecule has 0 radical (unpaired) electrons. The van der Waals surface area contributed by atoms with E-state index in [9.17, 15) is 0 Å². The molecule has 1 saturated carbocycles. The molecule has 0 saturated heterocycles. The average molecular weight is 255 g/mol. The van der Waals surface area contributed by atoms with Crippen molar-refractivity contribution in [2.24, 2.45) is 5.92 Å². The zero-order chi connectivity index (χ0) is 13.4. The van der Waals surface area contributed by atoms with Crippen molar-refractivity contribution in [3.63, 3.8) is 0 Å². The number of hydrogen-bond acceptors (Lipinski definition) is 2. The highest BCUT2D eigenvalue weighted by Gasteiger charge is 2.40. The lowest BCUT2D eigenvalue weighted by Crippen LogP contribution is -2.55. The molecule has 1 aliphatic rings. The summed E-state index contributed by atoms with van der Waals surface area (Å²) in [7, 11) is 0. The van der Waals surface area contributed by atoms with Gasteiger partial charge in [-0.2, -0.15) is 0 Å². The first-order valence-electron chi connectivity index (χ1n) is 8.03. The Kier molecular flexibility index (Phi) is 7.25. The Bertz CT molecular complexity index is 207. The smallest absolute Gasteiger partial charge is 0.0837 e. The van der Waals surface area contributed by atoms with Crippen molar-refractivity contribution in [2.75, 3.05) is 13.2 Å². The summed E-state index contributed by atoms with van der Waals surface area (Å²) in [5.41, 5.74) is 0.0919. The molecule has 1 atom stereocenters. The molecule has 0 spiro atoms. The molecule has 1 aliphatic carbocycles. The number of ether oxygens (including phenoxy) is 1. The summed E-state index contributed by atoms with van der Waals surface area (Å²) in [5, 5.41) is 3.77. The lowest BCUT2D eigenvalue weighted by Gasteiger charge is -2.43. The maximum absolute atomic E-state index is 6.31. The van der Waals surface area contributed by atoms with Crippen LogP contribution in [0.1, 0.15) is 72.6 Å². The minimum atomic E-state index is 0.0919. The topological polar surface area (TPSA) is 21.3 Å². The van der Waals surface area contributed by atoms with Crippen molar-refractivity contribution in [2.45, 2.75) is 84.3 Å². The van der Waals surface area contributed by atoms with Gasteiger partial charge in [0.25, 0.3) is 0 Å². The minimum Gasteiger partial charge on any atom is -0.374 e. The predicted molar refractivity (Wildman–Crippen MR) is 79.0 cm³/mol. The van der Waals surface area contributed by atoms with Gasteiger partial charge in [0.15, 0.2) is 0 Å². The van der Waals surface area contributed by atoms with Crippen molar-refractivity contribution in [3.05, 3.63) is 0 Å². The largest absolute Gasteiger partial charge is 0.374 e. The van der Waals surface area contributed by atoms with E-state index >= 15 is 0 Å². The Morgan fingerprint density at radius 2 is 1.67 bits per heavy atom. The fourth-order valence-corrected chi connectivity index (χ4v) is 3.49. The van der Waals surface area contributed by atoms with Gasteiger partial charge in [0.1, 0.15) is 0 Å². The van der Waals surface area contributed by atoms with Crippen LogP contribution in [0.5, 0.6) is 0 Å². The van der Waals surface area contributed by atoms with Gasteiger partial charge in [0.05, 0.1) is 5.60 Å². The summed E-state index contributed by atoms with van der Waals surface area (Å²) in [4.78, 5) is 0. The van der Waals surface area contributed by atoms with Gasteiger partial charge in [-0.15, -0.1) is 0 Å². The van der Waals surface area contributed by atoms with Crippen LogP contribution in [0.25, 0.3) is 0 Å². The van der Waals surface area contributed by atoms with Crippen LogP contribution in [0.4, 0.5) is 0 Å². The number of rotatable bonds is 7. The highest BCUT2D eigenvalue weighted by Crippen LogP contribution is 2.36. The van der Waals surface area contributed by atoms with E-state index in [0.29, 0.717) is 12.0 Å². The summed E-state index contributed by atoms with van der Waals surface area (Å²) in [6.07, 6.45) is 9.10. The SMILES string of the molecule is CCCNC(C(C)C)C1(OCC)CCCCCC1. The van der Waals surface area contributed by atoms with Crippen molar-refractivity contribution < 1.29 is 4.74 Å². The van der Waals surface area contributed by atoms with Crippen molar-refractivity contribution >= 4 is 0 Å². The quantitative estimate of drug-likeness (QED) is 0.690. The van der Waals surface area contributed by atoms with Crippen molar-refractivity contribution in [1.29, 1.82) is 0 Å². The van der Waals surface area contributed by atoms with Crippen molar-refractivity contribution in [3.8, 4) is 0 Å². The zero-order valence-electron chi connectivity index (χ0n) is 12.9. The molecule has 0 aromatic carbocycles. The molecule has 0 aliphatic heterocycles. The summed E-state index contributed by atoms with van der Waals surface area (Å²) < 4.78 is 6.31. The van der Waals surface area contributed by atoms with Crippen LogP contribution in [-0.4, -0.2) is 24.8 Å². The number of nitrogens with one attached hydrogen (secondary N) is 1. The van der Waals surface area contributed by atoms with E-state index in [1.807, 2.05) is 0 Å². The standard InChI is InChI=1S/C16H33NO/c1-5-13-17-15(14(3)4)16(18-6-2)11-9-7-8-10-12-16/h14-15,17H,5-13H2,1-4H3. The molecule has 1 fully saturated rings. The van der Waals surface area contributed by atoms with Crippen molar-refractivity contribution in [1.82, 2.24) is 5.32 Å². The fraction of sp³-hybridized carbons (Fsp3) is 1.00. The highest BCUT2D eigenvalue weighted by atomic mass is 16.5. The van der Waals surface area contributed by atoms with Gasteiger partial charge in [-0.05, 0) is 38.6 Å². The Morgan fingerprint density at radius 3 is 2.11 bits per heavy atom. The van der Waals surface area contributed by atoms with Gasteiger partial charge in [-0.1, -0.05) is 46.5 Å². The van der Waals surface area contributed by atoms with E-state index in [2.05, 4.69) is 33.0 Å². The molecule has 1 unspecified atom stereocenters. The molecular formula is C16H33NO. The highest BCUT2D eigenvalue weighted by molar-refractivity contribution is 4.96. The van der Waals surface area contributed by atoms with Gasteiger partial charge in [-0.3, -0.25) is 0 Å². The van der Waals surface area contributed by atoms with Crippen LogP contribution >= 0.6 is 0 Å². The van der Waals surface area contributed by atoms with Gasteiger partial charge in [0.2, 0.25) is 0 Å². The van der Waals surface area contributed by atoms with E-state index < -0.39 is 0 Å². The summed E-state index contributed by atoms with van der Waals surface area (Å²) >= 11 is 0. The van der Waals surface area contributed by atoms with Crippen LogP contribution in [-0.2, 0) is 4.74 Å². The van der Waals surface area contributed by atoms with Gasteiger partial charge < -0.3 is 10.1 Å². The lowest BCUT2D eigenvalue weighted by atomic mass is 9.80. The van der Waals surface area contributed by atoms with Crippen LogP contribution in [0.15, 0.2) is 0 Å². The van der Waals surface area contributed by atoms with Gasteiger partial charge in [-0.25, -0.2) is 0 Å². The third kappa shape index (κ3) is 4.24. The summed E-state index contributed by atoms with van der Waals surface area (Å²) in [6.45, 7) is 11.0. The Balaban J connectivity index is 2.81. The predicted octanol–water partition coefficient (Wildman–Crippen LogP) is 4.14. The van der Waals surface area contributed by atoms with Crippen LogP contribution in [0.3, 0.4) is 0 Å². The molecule has 1 rings (SSSR count). The maximum Gasteiger partial charge on any atom is 0.0837 e. The third-order valence-electron chi connectivity index (χ3n) is 4.23. The van der Waals surface area contributed by atoms with E-state index in [4.69, 9.17) is 4.74 Å².